The van der Waals surface area contributed by atoms with Crippen molar-refractivity contribution in [2.24, 2.45) is 0 Å². The third-order valence-electron chi connectivity index (χ3n) is 4.42. The van der Waals surface area contributed by atoms with Crippen molar-refractivity contribution in [3.05, 3.63) is 52.5 Å². The van der Waals surface area contributed by atoms with Crippen LogP contribution in [0, 0.1) is 0 Å². The molecule has 1 unspecified atom stereocenters. The van der Waals surface area contributed by atoms with Gasteiger partial charge in [-0.25, -0.2) is 0 Å². The monoisotopic (exact) mass is 295 g/mol. The highest BCUT2D eigenvalue weighted by Gasteiger charge is 2.26. The van der Waals surface area contributed by atoms with Crippen LogP contribution in [-0.2, 0) is 6.42 Å². The van der Waals surface area contributed by atoms with Gasteiger partial charge < -0.3 is 10.6 Å². The van der Waals surface area contributed by atoms with Crippen molar-refractivity contribution in [3.63, 3.8) is 0 Å². The summed E-state index contributed by atoms with van der Waals surface area (Å²) in [6.45, 7) is 3.33. The molecule has 1 aliphatic heterocycles. The maximum Gasteiger partial charge on any atom is 0.0525 e. The molecule has 0 amide bonds. The second kappa shape index (κ2) is 4.74. The summed E-state index contributed by atoms with van der Waals surface area (Å²) >= 11 is 1.87. The van der Waals surface area contributed by atoms with Crippen LogP contribution in [0.2, 0.25) is 0 Å². The van der Waals surface area contributed by atoms with E-state index in [2.05, 4.69) is 34.3 Å². The Balaban J connectivity index is 1.87. The van der Waals surface area contributed by atoms with Crippen LogP contribution in [0.25, 0.3) is 10.8 Å². The van der Waals surface area contributed by atoms with Gasteiger partial charge in [0, 0.05) is 46.0 Å². The number of aromatic nitrogens is 1. The number of benzene rings is 1. The van der Waals surface area contributed by atoms with Crippen molar-refractivity contribution in [2.75, 3.05) is 17.2 Å². The summed E-state index contributed by atoms with van der Waals surface area (Å²) in [7, 11) is 0. The summed E-state index contributed by atoms with van der Waals surface area (Å²) in [6, 6.07) is 8.79. The molecule has 0 aliphatic carbocycles. The second-order valence-corrected chi connectivity index (χ2v) is 6.51. The van der Waals surface area contributed by atoms with E-state index in [9.17, 15) is 0 Å². The molecule has 3 heterocycles. The molecule has 0 spiro atoms. The van der Waals surface area contributed by atoms with Crippen LogP contribution in [-0.4, -0.2) is 11.5 Å². The number of anilines is 2. The molecular weight excluding hydrogens is 278 g/mol. The number of hydrogen-bond acceptors (Lipinski definition) is 4. The molecule has 1 atom stereocenters. The van der Waals surface area contributed by atoms with Gasteiger partial charge in [0.05, 0.1) is 6.04 Å². The van der Waals surface area contributed by atoms with Gasteiger partial charge in [-0.15, -0.1) is 11.3 Å². The van der Waals surface area contributed by atoms with Crippen molar-refractivity contribution < 1.29 is 0 Å². The van der Waals surface area contributed by atoms with E-state index >= 15 is 0 Å². The first-order chi connectivity index (χ1) is 10.3. The number of nitrogens with zero attached hydrogens (tertiary/aromatic N) is 2. The fourth-order valence-electron chi connectivity index (χ4n) is 3.29. The van der Waals surface area contributed by atoms with Gasteiger partial charge >= 0.3 is 0 Å². The highest BCUT2D eigenvalue weighted by molar-refractivity contribution is 7.10. The molecule has 1 aromatic carbocycles. The molecule has 4 rings (SSSR count). The Kier molecular flexibility index (Phi) is 2.86. The topological polar surface area (TPSA) is 42.1 Å². The van der Waals surface area contributed by atoms with Gasteiger partial charge in [-0.2, -0.15) is 0 Å². The normalized spacial score (nSPS) is 18.0. The van der Waals surface area contributed by atoms with Gasteiger partial charge in [-0.3, -0.25) is 4.98 Å². The Bertz CT molecular complexity index is 809. The lowest BCUT2D eigenvalue weighted by molar-refractivity contribution is 0.635. The molecule has 2 N–H and O–H groups in total. The predicted octanol–water partition coefficient (Wildman–Crippen LogP) is 4.00. The fraction of sp³-hybridized carbons (Fsp3) is 0.235. The van der Waals surface area contributed by atoms with Crippen LogP contribution < -0.4 is 10.6 Å². The summed E-state index contributed by atoms with van der Waals surface area (Å²) in [4.78, 5) is 8.28. The van der Waals surface area contributed by atoms with Gasteiger partial charge in [-0.05, 0) is 48.6 Å². The Morgan fingerprint density at radius 1 is 1.24 bits per heavy atom. The zero-order valence-corrected chi connectivity index (χ0v) is 12.7. The van der Waals surface area contributed by atoms with Crippen molar-refractivity contribution >= 4 is 33.5 Å². The first kappa shape index (κ1) is 12.7. The molecule has 2 aromatic heterocycles. The lowest BCUT2D eigenvalue weighted by Gasteiger charge is -2.36. The molecule has 3 nitrogen and oxygen atoms in total. The maximum absolute atomic E-state index is 6.10. The lowest BCUT2D eigenvalue weighted by atomic mass is 9.99. The van der Waals surface area contributed by atoms with E-state index in [1.165, 1.54) is 16.1 Å². The number of fused-ring (bicyclic) bond motifs is 2. The van der Waals surface area contributed by atoms with Gasteiger partial charge in [-0.1, -0.05) is 0 Å². The van der Waals surface area contributed by atoms with Crippen LogP contribution >= 0.6 is 11.3 Å². The van der Waals surface area contributed by atoms with E-state index in [4.69, 9.17) is 5.73 Å². The number of rotatable bonds is 1. The number of nitrogens with two attached hydrogens (primary N) is 1. The van der Waals surface area contributed by atoms with Gasteiger partial charge in [0.15, 0.2) is 0 Å². The standard InChI is InChI=1S/C17H17N3S/c1-11-12-6-9-21-17(12)5-8-20(11)16-3-2-15(18)13-4-7-19-10-14(13)16/h2-4,6-7,9-11H,5,8,18H2,1H3. The van der Waals surface area contributed by atoms with E-state index in [-0.39, 0.29) is 0 Å². The Morgan fingerprint density at radius 3 is 3.05 bits per heavy atom. The minimum absolute atomic E-state index is 0.395. The zero-order valence-electron chi connectivity index (χ0n) is 11.9. The Morgan fingerprint density at radius 2 is 2.14 bits per heavy atom. The number of thiophene rings is 1. The van der Waals surface area contributed by atoms with E-state index in [1.54, 1.807) is 6.20 Å². The third kappa shape index (κ3) is 1.90. The summed E-state index contributed by atoms with van der Waals surface area (Å²) in [5, 5.41) is 4.43. The van der Waals surface area contributed by atoms with Crippen molar-refractivity contribution in [2.45, 2.75) is 19.4 Å². The van der Waals surface area contributed by atoms with Crippen molar-refractivity contribution in [1.29, 1.82) is 0 Å². The molecule has 106 valence electrons. The average Bonchev–Trinajstić information content (AvgIpc) is 2.99. The Labute approximate surface area is 128 Å². The molecule has 0 fully saturated rings. The zero-order chi connectivity index (χ0) is 14.4. The van der Waals surface area contributed by atoms with E-state index in [1.807, 2.05) is 29.7 Å². The quantitative estimate of drug-likeness (QED) is 0.690. The molecule has 0 saturated heterocycles. The van der Waals surface area contributed by atoms with E-state index in [0.29, 0.717) is 6.04 Å². The molecule has 4 heteroatoms. The first-order valence-corrected chi connectivity index (χ1v) is 8.09. The van der Waals surface area contributed by atoms with Gasteiger partial charge in [0.25, 0.3) is 0 Å². The number of pyridine rings is 1. The highest BCUT2D eigenvalue weighted by atomic mass is 32.1. The van der Waals surface area contributed by atoms with E-state index in [0.717, 1.165) is 29.4 Å². The summed E-state index contributed by atoms with van der Waals surface area (Å²) in [5.41, 5.74) is 9.61. The van der Waals surface area contributed by atoms with Crippen LogP contribution in [0.3, 0.4) is 0 Å². The molecule has 1 aliphatic rings. The van der Waals surface area contributed by atoms with Crippen LogP contribution in [0.1, 0.15) is 23.4 Å². The average molecular weight is 295 g/mol. The third-order valence-corrected chi connectivity index (χ3v) is 5.41. The maximum atomic E-state index is 6.10. The largest absolute Gasteiger partial charge is 0.398 e. The van der Waals surface area contributed by atoms with Crippen molar-refractivity contribution in [1.82, 2.24) is 4.98 Å². The minimum Gasteiger partial charge on any atom is -0.398 e. The summed E-state index contributed by atoms with van der Waals surface area (Å²) in [6.07, 6.45) is 4.85. The molecular formula is C17H17N3S. The summed E-state index contributed by atoms with van der Waals surface area (Å²) < 4.78 is 0. The van der Waals surface area contributed by atoms with Crippen LogP contribution in [0.5, 0.6) is 0 Å². The minimum atomic E-state index is 0.395. The predicted molar refractivity (Wildman–Crippen MR) is 89.9 cm³/mol. The molecule has 0 bridgehead atoms. The lowest BCUT2D eigenvalue weighted by Crippen LogP contribution is -2.33. The van der Waals surface area contributed by atoms with Crippen LogP contribution in [0.15, 0.2) is 42.0 Å². The second-order valence-electron chi connectivity index (χ2n) is 5.51. The van der Waals surface area contributed by atoms with Crippen molar-refractivity contribution in [3.8, 4) is 0 Å². The SMILES string of the molecule is CC1c2ccsc2CCN1c1ccc(N)c2ccncc12. The molecule has 0 saturated carbocycles. The molecule has 21 heavy (non-hydrogen) atoms. The number of nitrogen functional groups attached to an aromatic ring is 1. The highest BCUT2D eigenvalue weighted by Crippen LogP contribution is 2.39. The summed E-state index contributed by atoms with van der Waals surface area (Å²) in [5.74, 6) is 0. The number of hydrogen-bond donors (Lipinski definition) is 1. The van der Waals surface area contributed by atoms with Gasteiger partial charge in [0.2, 0.25) is 0 Å². The van der Waals surface area contributed by atoms with Gasteiger partial charge in [0.1, 0.15) is 0 Å². The first-order valence-electron chi connectivity index (χ1n) is 7.21. The van der Waals surface area contributed by atoms with E-state index < -0.39 is 0 Å². The fourth-order valence-corrected chi connectivity index (χ4v) is 4.25. The molecule has 0 radical (unpaired) electrons. The Hall–Kier alpha value is -2.07. The van der Waals surface area contributed by atoms with Crippen LogP contribution in [0.4, 0.5) is 11.4 Å². The molecule has 3 aromatic rings. The smallest absolute Gasteiger partial charge is 0.0525 e.